The van der Waals surface area contributed by atoms with E-state index in [4.69, 9.17) is 9.47 Å². The highest BCUT2D eigenvalue weighted by atomic mass is 32.2. The third kappa shape index (κ3) is 5.77. The van der Waals surface area contributed by atoms with Gasteiger partial charge in [0.1, 0.15) is 11.5 Å². The Morgan fingerprint density at radius 1 is 1.00 bits per heavy atom. The standard InChI is InChI=1S/C30H30N4O3S/c1-3-37-27-10-5-9-26(36-2)25(27)21-33-17-19-34(20-18-33)30(35)23-12-14-24(15-13-23)32-38-28-11-4-7-22-8-6-16-31-29(22)28/h3-16,32H,1,17-21H2,2H3. The van der Waals surface area contributed by atoms with Crippen LogP contribution in [0.4, 0.5) is 5.69 Å². The van der Waals surface area contributed by atoms with Crippen LogP contribution in [0.2, 0.25) is 0 Å². The minimum Gasteiger partial charge on any atom is -0.496 e. The average molecular weight is 527 g/mol. The summed E-state index contributed by atoms with van der Waals surface area (Å²) in [6.45, 7) is 7.22. The molecule has 0 spiro atoms. The van der Waals surface area contributed by atoms with Crippen molar-refractivity contribution in [1.29, 1.82) is 0 Å². The molecule has 0 saturated carbocycles. The largest absolute Gasteiger partial charge is 0.496 e. The molecule has 1 aliphatic heterocycles. The van der Waals surface area contributed by atoms with Gasteiger partial charge in [-0.2, -0.15) is 0 Å². The molecule has 8 heteroatoms. The van der Waals surface area contributed by atoms with Gasteiger partial charge in [-0.3, -0.25) is 14.7 Å². The first-order chi connectivity index (χ1) is 18.7. The lowest BCUT2D eigenvalue weighted by Crippen LogP contribution is -2.48. The number of anilines is 1. The number of amides is 1. The molecule has 4 aromatic rings. The number of nitrogens with one attached hydrogen (secondary N) is 1. The molecule has 194 valence electrons. The van der Waals surface area contributed by atoms with Gasteiger partial charge in [-0.25, -0.2) is 0 Å². The summed E-state index contributed by atoms with van der Waals surface area (Å²) in [4.78, 5) is 22.9. The lowest BCUT2D eigenvalue weighted by Gasteiger charge is -2.35. The number of carbonyl (C=O) groups is 1. The molecule has 38 heavy (non-hydrogen) atoms. The molecule has 0 radical (unpaired) electrons. The van der Waals surface area contributed by atoms with Gasteiger partial charge >= 0.3 is 0 Å². The van der Waals surface area contributed by atoms with Crippen molar-refractivity contribution in [3.05, 3.63) is 103 Å². The number of carbonyl (C=O) groups excluding carboxylic acids is 1. The fourth-order valence-electron chi connectivity index (χ4n) is 4.56. The number of benzene rings is 3. The van der Waals surface area contributed by atoms with Crippen molar-refractivity contribution in [1.82, 2.24) is 14.8 Å². The Morgan fingerprint density at radius 2 is 1.74 bits per heavy atom. The zero-order chi connectivity index (χ0) is 26.3. The summed E-state index contributed by atoms with van der Waals surface area (Å²) in [6, 6.07) is 23.5. The highest BCUT2D eigenvalue weighted by molar-refractivity contribution is 8.00. The van der Waals surface area contributed by atoms with Crippen LogP contribution >= 0.6 is 11.9 Å². The van der Waals surface area contributed by atoms with Gasteiger partial charge in [-0.05, 0) is 60.5 Å². The number of hydrogen-bond acceptors (Lipinski definition) is 7. The number of nitrogens with zero attached hydrogens (tertiary/aromatic N) is 3. The Labute approximate surface area is 227 Å². The molecule has 1 aliphatic rings. The number of ether oxygens (including phenoxy) is 2. The van der Waals surface area contributed by atoms with Crippen molar-refractivity contribution < 1.29 is 14.3 Å². The van der Waals surface area contributed by atoms with Gasteiger partial charge in [0.25, 0.3) is 5.91 Å². The van der Waals surface area contributed by atoms with E-state index in [1.54, 1.807) is 13.3 Å². The van der Waals surface area contributed by atoms with Gasteiger partial charge in [0.2, 0.25) is 0 Å². The van der Waals surface area contributed by atoms with E-state index < -0.39 is 0 Å². The molecule has 2 heterocycles. The summed E-state index contributed by atoms with van der Waals surface area (Å²) < 4.78 is 14.5. The molecular formula is C30H30N4O3S. The predicted octanol–water partition coefficient (Wildman–Crippen LogP) is 5.84. The number of rotatable bonds is 9. The highest BCUT2D eigenvalue weighted by Crippen LogP contribution is 2.31. The highest BCUT2D eigenvalue weighted by Gasteiger charge is 2.24. The van der Waals surface area contributed by atoms with Crippen molar-refractivity contribution >= 4 is 34.4 Å². The normalized spacial score (nSPS) is 13.8. The van der Waals surface area contributed by atoms with Crippen LogP contribution < -0.4 is 14.2 Å². The third-order valence-electron chi connectivity index (χ3n) is 6.57. The molecule has 1 amide bonds. The van der Waals surface area contributed by atoms with Crippen LogP contribution in [0.1, 0.15) is 15.9 Å². The molecule has 7 nitrogen and oxygen atoms in total. The quantitative estimate of drug-likeness (QED) is 0.217. The van der Waals surface area contributed by atoms with Crippen LogP contribution in [-0.2, 0) is 6.54 Å². The maximum Gasteiger partial charge on any atom is 0.253 e. The Balaban J connectivity index is 1.16. The summed E-state index contributed by atoms with van der Waals surface area (Å²) in [5.41, 5.74) is 3.56. The summed E-state index contributed by atoms with van der Waals surface area (Å²) in [5, 5.41) is 1.11. The second-order valence-electron chi connectivity index (χ2n) is 8.90. The van der Waals surface area contributed by atoms with Crippen LogP contribution in [0.5, 0.6) is 11.5 Å². The maximum atomic E-state index is 13.2. The van der Waals surface area contributed by atoms with Crippen LogP contribution in [0.25, 0.3) is 10.9 Å². The van der Waals surface area contributed by atoms with Gasteiger partial charge in [-0.1, -0.05) is 30.8 Å². The van der Waals surface area contributed by atoms with Crippen molar-refractivity contribution in [2.45, 2.75) is 11.4 Å². The zero-order valence-electron chi connectivity index (χ0n) is 21.3. The third-order valence-corrected chi connectivity index (χ3v) is 7.45. The van der Waals surface area contributed by atoms with Crippen LogP contribution in [-0.4, -0.2) is 54.0 Å². The molecular weight excluding hydrogens is 496 g/mol. The second kappa shape index (κ2) is 12.0. The second-order valence-corrected chi connectivity index (χ2v) is 9.75. The Hall–Kier alpha value is -4.01. The van der Waals surface area contributed by atoms with Gasteiger partial charge in [-0.15, -0.1) is 0 Å². The topological polar surface area (TPSA) is 66.9 Å². The molecule has 5 rings (SSSR count). The van der Waals surface area contributed by atoms with E-state index in [2.05, 4.69) is 33.3 Å². The van der Waals surface area contributed by atoms with E-state index in [-0.39, 0.29) is 5.91 Å². The predicted molar refractivity (Wildman–Crippen MR) is 153 cm³/mol. The van der Waals surface area contributed by atoms with E-state index in [1.807, 2.05) is 65.6 Å². The summed E-state index contributed by atoms with van der Waals surface area (Å²) in [5.74, 6) is 1.57. The molecule has 1 aromatic heterocycles. The van der Waals surface area contributed by atoms with E-state index in [0.29, 0.717) is 25.2 Å². The molecule has 0 unspecified atom stereocenters. The molecule has 1 fully saturated rings. The zero-order valence-corrected chi connectivity index (χ0v) is 22.1. The van der Waals surface area contributed by atoms with E-state index >= 15 is 0 Å². The fourth-order valence-corrected chi connectivity index (χ4v) is 5.34. The number of hydrogen-bond donors (Lipinski definition) is 1. The maximum absolute atomic E-state index is 13.2. The van der Waals surface area contributed by atoms with Crippen molar-refractivity contribution in [3.8, 4) is 11.5 Å². The van der Waals surface area contributed by atoms with Gasteiger partial charge in [0, 0.05) is 55.6 Å². The Kier molecular flexibility index (Phi) is 8.11. The average Bonchev–Trinajstić information content (AvgIpc) is 2.97. The van der Waals surface area contributed by atoms with E-state index in [1.165, 1.54) is 18.2 Å². The molecule has 3 aromatic carbocycles. The monoisotopic (exact) mass is 526 g/mol. The molecule has 0 atom stereocenters. The molecule has 1 saturated heterocycles. The Morgan fingerprint density at radius 3 is 2.50 bits per heavy atom. The number of piperazine rings is 1. The van der Waals surface area contributed by atoms with Crippen molar-refractivity contribution in [2.24, 2.45) is 0 Å². The van der Waals surface area contributed by atoms with Crippen LogP contribution in [0, 0.1) is 0 Å². The first kappa shape index (κ1) is 25.6. The lowest BCUT2D eigenvalue weighted by molar-refractivity contribution is 0.0626. The van der Waals surface area contributed by atoms with Gasteiger partial charge < -0.3 is 19.1 Å². The number of methoxy groups -OCH3 is 1. The van der Waals surface area contributed by atoms with Gasteiger partial charge in [0.05, 0.1) is 29.3 Å². The smallest absolute Gasteiger partial charge is 0.253 e. The minimum absolute atomic E-state index is 0.0510. The van der Waals surface area contributed by atoms with Crippen molar-refractivity contribution in [2.75, 3.05) is 38.0 Å². The number of para-hydroxylation sites is 1. The number of fused-ring (bicyclic) bond motifs is 1. The van der Waals surface area contributed by atoms with Crippen LogP contribution in [0.3, 0.4) is 0 Å². The number of aromatic nitrogens is 1. The number of pyridine rings is 1. The minimum atomic E-state index is 0.0510. The summed E-state index contributed by atoms with van der Waals surface area (Å²) in [6.07, 6.45) is 3.23. The first-order valence-corrected chi connectivity index (χ1v) is 13.3. The molecule has 0 bridgehead atoms. The van der Waals surface area contributed by atoms with E-state index in [0.717, 1.165) is 51.6 Å². The van der Waals surface area contributed by atoms with E-state index in [9.17, 15) is 4.79 Å². The molecule has 0 aliphatic carbocycles. The fraction of sp³-hybridized carbons (Fsp3) is 0.200. The lowest BCUT2D eigenvalue weighted by atomic mass is 10.1. The summed E-state index contributed by atoms with van der Waals surface area (Å²) in [7, 11) is 1.66. The summed E-state index contributed by atoms with van der Waals surface area (Å²) >= 11 is 1.52. The molecule has 1 N–H and O–H groups in total. The van der Waals surface area contributed by atoms with Gasteiger partial charge in [0.15, 0.2) is 0 Å². The van der Waals surface area contributed by atoms with Crippen molar-refractivity contribution in [3.63, 3.8) is 0 Å². The first-order valence-electron chi connectivity index (χ1n) is 12.5. The van der Waals surface area contributed by atoms with Crippen LogP contribution in [0.15, 0.2) is 96.7 Å². The SMILES string of the molecule is C=COc1cccc(OC)c1CN1CCN(C(=O)c2ccc(NSc3cccc4cccnc34)cc2)CC1. The Bertz CT molecular complexity index is 1410.